The third-order valence-electron chi connectivity index (χ3n) is 1.92. The molecular formula is C7H13NO2. The predicted molar refractivity (Wildman–Crippen MR) is 37.8 cm³/mol. The number of carboxylic acid groups (broad SMARTS) is 1. The number of nitrogens with one attached hydrogen (secondary N) is 1. The molecule has 2 N–H and O–H groups in total. The summed E-state index contributed by atoms with van der Waals surface area (Å²) in [7, 11) is 0. The molecule has 0 aromatic carbocycles. The van der Waals surface area contributed by atoms with Gasteiger partial charge in [0.25, 0.3) is 0 Å². The summed E-state index contributed by atoms with van der Waals surface area (Å²) in [4.78, 5) is 10.5. The second-order valence-electron chi connectivity index (χ2n) is 2.72. The van der Waals surface area contributed by atoms with Gasteiger partial charge in [0.05, 0.1) is 5.92 Å². The molecule has 0 bridgehead atoms. The van der Waals surface area contributed by atoms with E-state index in [9.17, 15) is 4.79 Å². The van der Waals surface area contributed by atoms with Crippen LogP contribution in [0.2, 0.25) is 0 Å². The van der Waals surface area contributed by atoms with Crippen molar-refractivity contribution < 1.29 is 9.90 Å². The highest BCUT2D eigenvalue weighted by molar-refractivity contribution is 5.69. The fourth-order valence-electron chi connectivity index (χ4n) is 1.27. The van der Waals surface area contributed by atoms with Crippen molar-refractivity contribution in [3.8, 4) is 0 Å². The zero-order valence-corrected chi connectivity index (χ0v) is 5.97. The Hall–Kier alpha value is -0.570. The van der Waals surface area contributed by atoms with Crippen molar-refractivity contribution in [2.75, 3.05) is 13.1 Å². The molecule has 0 aliphatic carbocycles. The van der Waals surface area contributed by atoms with E-state index in [1.54, 1.807) is 0 Å². The summed E-state index contributed by atoms with van der Waals surface area (Å²) in [6, 6.07) is 0. The van der Waals surface area contributed by atoms with E-state index in [-0.39, 0.29) is 5.92 Å². The molecular weight excluding hydrogens is 130 g/mol. The van der Waals surface area contributed by atoms with Crippen LogP contribution in [0.5, 0.6) is 0 Å². The summed E-state index contributed by atoms with van der Waals surface area (Å²) in [6.07, 6.45) is 2.62. The number of hydrogen-bond acceptors (Lipinski definition) is 2. The average Bonchev–Trinajstić information content (AvgIpc) is 2.12. The van der Waals surface area contributed by atoms with Gasteiger partial charge in [-0.15, -0.1) is 0 Å². The molecule has 1 fully saturated rings. The van der Waals surface area contributed by atoms with E-state index < -0.39 is 5.97 Å². The first-order valence-electron chi connectivity index (χ1n) is 3.74. The Morgan fingerprint density at radius 3 is 2.90 bits per heavy atom. The van der Waals surface area contributed by atoms with Crippen molar-refractivity contribution >= 4 is 5.97 Å². The molecule has 0 aromatic rings. The van der Waals surface area contributed by atoms with Gasteiger partial charge < -0.3 is 10.4 Å². The fourth-order valence-corrected chi connectivity index (χ4v) is 1.27. The summed E-state index contributed by atoms with van der Waals surface area (Å²) in [5, 5.41) is 11.8. The van der Waals surface area contributed by atoms with Crippen LogP contribution < -0.4 is 5.32 Å². The van der Waals surface area contributed by atoms with Crippen molar-refractivity contribution in [3.63, 3.8) is 0 Å². The van der Waals surface area contributed by atoms with E-state index in [2.05, 4.69) is 5.32 Å². The maximum atomic E-state index is 10.5. The average molecular weight is 143 g/mol. The topological polar surface area (TPSA) is 49.3 Å². The zero-order valence-electron chi connectivity index (χ0n) is 5.97. The molecule has 1 rings (SSSR count). The molecule has 1 unspecified atom stereocenters. The summed E-state index contributed by atoms with van der Waals surface area (Å²) < 4.78 is 0. The molecule has 1 aliphatic heterocycles. The van der Waals surface area contributed by atoms with Crippen molar-refractivity contribution in [1.82, 2.24) is 5.32 Å². The number of rotatable bonds is 1. The van der Waals surface area contributed by atoms with Gasteiger partial charge in [-0.3, -0.25) is 4.79 Å². The maximum Gasteiger partial charge on any atom is 0.306 e. The van der Waals surface area contributed by atoms with Gasteiger partial charge in [-0.1, -0.05) is 0 Å². The minimum Gasteiger partial charge on any atom is -0.481 e. The Balaban J connectivity index is 2.35. The molecule has 0 aromatic heterocycles. The van der Waals surface area contributed by atoms with Crippen LogP contribution in [0.4, 0.5) is 0 Å². The van der Waals surface area contributed by atoms with Gasteiger partial charge in [-0.05, 0) is 32.4 Å². The van der Waals surface area contributed by atoms with Crippen LogP contribution in [0.3, 0.4) is 0 Å². The van der Waals surface area contributed by atoms with E-state index in [0.717, 1.165) is 32.4 Å². The van der Waals surface area contributed by atoms with Crippen molar-refractivity contribution in [2.24, 2.45) is 5.92 Å². The van der Waals surface area contributed by atoms with Gasteiger partial charge in [0.2, 0.25) is 0 Å². The molecule has 3 nitrogen and oxygen atoms in total. The van der Waals surface area contributed by atoms with Crippen LogP contribution >= 0.6 is 0 Å². The van der Waals surface area contributed by atoms with Gasteiger partial charge in [-0.2, -0.15) is 0 Å². The third kappa shape index (κ3) is 1.99. The molecule has 3 heteroatoms. The Kier molecular flexibility index (Phi) is 2.68. The van der Waals surface area contributed by atoms with E-state index in [4.69, 9.17) is 5.11 Å². The SMILES string of the molecule is O=C(O)C1CCCNCC1. The normalized spacial score (nSPS) is 27.4. The predicted octanol–water partition coefficient (Wildman–Crippen LogP) is 0.461. The highest BCUT2D eigenvalue weighted by atomic mass is 16.4. The Morgan fingerprint density at radius 2 is 2.20 bits per heavy atom. The molecule has 0 radical (unpaired) electrons. The van der Waals surface area contributed by atoms with Crippen molar-refractivity contribution in [2.45, 2.75) is 19.3 Å². The summed E-state index contributed by atoms with van der Waals surface area (Å²) >= 11 is 0. The maximum absolute atomic E-state index is 10.5. The third-order valence-corrected chi connectivity index (χ3v) is 1.92. The van der Waals surface area contributed by atoms with E-state index in [0.29, 0.717) is 0 Å². The summed E-state index contributed by atoms with van der Waals surface area (Å²) in [5.41, 5.74) is 0. The molecule has 1 heterocycles. The molecule has 1 aliphatic rings. The van der Waals surface area contributed by atoms with Gasteiger partial charge >= 0.3 is 5.97 Å². The molecule has 0 saturated carbocycles. The monoisotopic (exact) mass is 143 g/mol. The van der Waals surface area contributed by atoms with E-state index >= 15 is 0 Å². The Morgan fingerprint density at radius 1 is 1.40 bits per heavy atom. The molecule has 1 atom stereocenters. The molecule has 0 spiro atoms. The van der Waals surface area contributed by atoms with Crippen LogP contribution in [0.15, 0.2) is 0 Å². The highest BCUT2D eigenvalue weighted by Gasteiger charge is 2.17. The number of aliphatic carboxylic acids is 1. The van der Waals surface area contributed by atoms with Crippen LogP contribution in [0.1, 0.15) is 19.3 Å². The summed E-state index contributed by atoms with van der Waals surface area (Å²) in [5.74, 6) is -0.737. The lowest BCUT2D eigenvalue weighted by Gasteiger charge is -2.05. The largest absolute Gasteiger partial charge is 0.481 e. The second-order valence-corrected chi connectivity index (χ2v) is 2.72. The summed E-state index contributed by atoms with van der Waals surface area (Å²) in [6.45, 7) is 1.83. The fraction of sp³-hybridized carbons (Fsp3) is 0.857. The van der Waals surface area contributed by atoms with Crippen LogP contribution in [0, 0.1) is 5.92 Å². The van der Waals surface area contributed by atoms with Crippen LogP contribution in [-0.2, 0) is 4.79 Å². The van der Waals surface area contributed by atoms with Gasteiger partial charge in [0.15, 0.2) is 0 Å². The molecule has 1 saturated heterocycles. The minimum atomic E-state index is -0.635. The standard InChI is InChI=1S/C7H13NO2/c9-7(10)6-2-1-4-8-5-3-6/h6,8H,1-5H2,(H,9,10). The lowest BCUT2D eigenvalue weighted by Crippen LogP contribution is -2.17. The van der Waals surface area contributed by atoms with E-state index in [1.807, 2.05) is 0 Å². The number of carboxylic acids is 1. The number of hydrogen-bond donors (Lipinski definition) is 2. The lowest BCUT2D eigenvalue weighted by molar-refractivity contribution is -0.142. The first-order chi connectivity index (χ1) is 4.80. The second kappa shape index (κ2) is 3.56. The Bertz CT molecular complexity index is 117. The van der Waals surface area contributed by atoms with Crippen molar-refractivity contribution in [1.29, 1.82) is 0 Å². The smallest absolute Gasteiger partial charge is 0.306 e. The van der Waals surface area contributed by atoms with Gasteiger partial charge in [-0.25, -0.2) is 0 Å². The first-order valence-corrected chi connectivity index (χ1v) is 3.74. The first kappa shape index (κ1) is 7.54. The zero-order chi connectivity index (χ0) is 7.40. The molecule has 58 valence electrons. The van der Waals surface area contributed by atoms with Crippen LogP contribution in [-0.4, -0.2) is 24.2 Å². The Labute approximate surface area is 60.4 Å². The van der Waals surface area contributed by atoms with Gasteiger partial charge in [0, 0.05) is 0 Å². The molecule has 10 heavy (non-hydrogen) atoms. The minimum absolute atomic E-state index is 0.102. The van der Waals surface area contributed by atoms with Crippen LogP contribution in [0.25, 0.3) is 0 Å². The number of carbonyl (C=O) groups is 1. The van der Waals surface area contributed by atoms with E-state index in [1.165, 1.54) is 0 Å². The molecule has 0 amide bonds. The lowest BCUT2D eigenvalue weighted by atomic mass is 10.0. The van der Waals surface area contributed by atoms with Crippen molar-refractivity contribution in [3.05, 3.63) is 0 Å². The highest BCUT2D eigenvalue weighted by Crippen LogP contribution is 2.12. The van der Waals surface area contributed by atoms with Gasteiger partial charge in [0.1, 0.15) is 0 Å². The quantitative estimate of drug-likeness (QED) is 0.560.